The van der Waals surface area contributed by atoms with Gasteiger partial charge < -0.3 is 15.0 Å². The van der Waals surface area contributed by atoms with Gasteiger partial charge in [-0.2, -0.15) is 0 Å². The van der Waals surface area contributed by atoms with E-state index in [4.69, 9.17) is 4.74 Å². The van der Waals surface area contributed by atoms with Crippen LogP contribution in [0, 0.1) is 11.2 Å². The minimum Gasteiger partial charge on any atom is -0.480 e. The number of hydrogen-bond donors (Lipinski definition) is 1. The number of hydrogen-bond acceptors (Lipinski definition) is 3. The average Bonchev–Trinajstić information content (AvgIpc) is 2.78. The van der Waals surface area contributed by atoms with Crippen LogP contribution in [0.4, 0.5) is 10.1 Å². The van der Waals surface area contributed by atoms with Crippen LogP contribution in [0.5, 0.6) is 5.75 Å². The smallest absolute Gasteiger partial charge is 0.264 e. The van der Waals surface area contributed by atoms with Gasteiger partial charge in [-0.05, 0) is 36.1 Å². The predicted octanol–water partition coefficient (Wildman–Crippen LogP) is 4.90. The third kappa shape index (κ3) is 5.38. The van der Waals surface area contributed by atoms with E-state index < -0.39 is 6.10 Å². The zero-order valence-electron chi connectivity index (χ0n) is 18.0. The van der Waals surface area contributed by atoms with E-state index in [1.807, 2.05) is 33.8 Å². The summed E-state index contributed by atoms with van der Waals surface area (Å²) in [4.78, 5) is 26.9. The van der Waals surface area contributed by atoms with Gasteiger partial charge in [0, 0.05) is 36.3 Å². The van der Waals surface area contributed by atoms with Gasteiger partial charge in [0.15, 0.2) is 6.10 Å². The molecule has 30 heavy (non-hydrogen) atoms. The number of benzene rings is 2. The Morgan fingerprint density at radius 3 is 2.63 bits per heavy atom. The van der Waals surface area contributed by atoms with Gasteiger partial charge in [-0.1, -0.05) is 45.9 Å². The highest BCUT2D eigenvalue weighted by molar-refractivity contribution is 5.91. The van der Waals surface area contributed by atoms with Gasteiger partial charge >= 0.3 is 0 Å². The molecule has 0 aromatic heterocycles. The molecule has 2 aromatic rings. The summed E-state index contributed by atoms with van der Waals surface area (Å²) in [7, 11) is 0. The number of nitrogens with one attached hydrogen (secondary N) is 1. The van der Waals surface area contributed by atoms with Crippen molar-refractivity contribution in [3.63, 3.8) is 0 Å². The van der Waals surface area contributed by atoms with E-state index in [0.717, 1.165) is 5.56 Å². The van der Waals surface area contributed by atoms with Crippen LogP contribution in [-0.4, -0.2) is 22.8 Å². The number of halogens is 1. The molecule has 0 fully saturated rings. The summed E-state index contributed by atoms with van der Waals surface area (Å²) < 4.78 is 20.1. The van der Waals surface area contributed by atoms with Crippen molar-refractivity contribution in [2.75, 3.05) is 5.32 Å². The molecule has 1 aliphatic rings. The van der Waals surface area contributed by atoms with E-state index in [1.165, 1.54) is 6.07 Å². The predicted molar refractivity (Wildman–Crippen MR) is 115 cm³/mol. The molecule has 3 rings (SSSR count). The normalized spacial score (nSPS) is 16.5. The van der Waals surface area contributed by atoms with Crippen LogP contribution in [0.25, 0.3) is 0 Å². The molecule has 0 saturated carbocycles. The number of anilines is 1. The van der Waals surface area contributed by atoms with Crippen LogP contribution in [0.3, 0.4) is 0 Å². The highest BCUT2D eigenvalue weighted by Crippen LogP contribution is 2.31. The first-order chi connectivity index (χ1) is 14.2. The van der Waals surface area contributed by atoms with E-state index in [9.17, 15) is 14.0 Å². The van der Waals surface area contributed by atoms with Crippen molar-refractivity contribution >= 4 is 17.5 Å². The van der Waals surface area contributed by atoms with Gasteiger partial charge in [0.2, 0.25) is 5.91 Å². The van der Waals surface area contributed by atoms with E-state index in [2.05, 4.69) is 5.32 Å². The molecule has 1 N–H and O–H groups in total. The molecule has 2 amide bonds. The number of rotatable bonds is 5. The highest BCUT2D eigenvalue weighted by atomic mass is 19.1. The largest absolute Gasteiger partial charge is 0.480 e. The highest BCUT2D eigenvalue weighted by Gasteiger charge is 2.30. The molecular weight excluding hydrogens is 383 g/mol. The Hall–Kier alpha value is -2.89. The van der Waals surface area contributed by atoms with Crippen LogP contribution in [-0.2, 0) is 22.7 Å². The van der Waals surface area contributed by atoms with Crippen molar-refractivity contribution < 1.29 is 18.7 Å². The molecule has 1 aliphatic heterocycles. The van der Waals surface area contributed by atoms with Crippen molar-refractivity contribution in [3.05, 3.63) is 59.4 Å². The zero-order valence-corrected chi connectivity index (χ0v) is 18.0. The molecule has 5 nitrogen and oxygen atoms in total. The van der Waals surface area contributed by atoms with Crippen LogP contribution in [0.15, 0.2) is 42.5 Å². The summed E-state index contributed by atoms with van der Waals surface area (Å²) in [6, 6.07) is 11.8. The van der Waals surface area contributed by atoms with Gasteiger partial charge in [-0.25, -0.2) is 4.39 Å². The number of ether oxygens (including phenoxy) is 1. The first kappa shape index (κ1) is 21.8. The maximum absolute atomic E-state index is 14.2. The van der Waals surface area contributed by atoms with Crippen molar-refractivity contribution in [2.45, 2.75) is 59.7 Å². The Labute approximate surface area is 177 Å². The summed E-state index contributed by atoms with van der Waals surface area (Å²) in [5, 5.41) is 2.92. The molecule has 1 atom stereocenters. The van der Waals surface area contributed by atoms with Crippen molar-refractivity contribution in [3.8, 4) is 5.75 Å². The number of carbonyl (C=O) groups is 2. The second kappa shape index (κ2) is 8.86. The molecular formula is C24H29FN2O3. The van der Waals surface area contributed by atoms with Crippen molar-refractivity contribution in [1.29, 1.82) is 0 Å². The summed E-state index contributed by atoms with van der Waals surface area (Å²) in [5.74, 6) is 0.0324. The maximum atomic E-state index is 14.2. The Morgan fingerprint density at radius 1 is 1.23 bits per heavy atom. The molecule has 0 radical (unpaired) electrons. The lowest BCUT2D eigenvalue weighted by Crippen LogP contribution is -2.39. The van der Waals surface area contributed by atoms with Gasteiger partial charge in [0.05, 0.1) is 0 Å². The van der Waals surface area contributed by atoms with Gasteiger partial charge in [-0.15, -0.1) is 0 Å². The fourth-order valence-electron chi connectivity index (χ4n) is 3.50. The Balaban J connectivity index is 1.86. The maximum Gasteiger partial charge on any atom is 0.264 e. The second-order valence-electron chi connectivity index (χ2n) is 8.91. The fourth-order valence-corrected chi connectivity index (χ4v) is 3.50. The van der Waals surface area contributed by atoms with Crippen LogP contribution in [0.2, 0.25) is 0 Å². The number of amides is 2. The molecule has 0 unspecified atom stereocenters. The van der Waals surface area contributed by atoms with Crippen LogP contribution in [0.1, 0.15) is 51.7 Å². The molecule has 160 valence electrons. The number of nitrogens with zero attached hydrogens (tertiary/aromatic N) is 1. The SMILES string of the molecule is CC[C@@H]1Oc2ccc(NC(=O)CC(C)(C)C)cc2CN(Cc2ccccc2F)C1=O. The topological polar surface area (TPSA) is 58.6 Å². The molecule has 0 spiro atoms. The van der Waals surface area contributed by atoms with Gasteiger partial charge in [0.25, 0.3) is 5.91 Å². The fraction of sp³-hybridized carbons (Fsp3) is 0.417. The lowest BCUT2D eigenvalue weighted by molar-refractivity contribution is -0.139. The van der Waals surface area contributed by atoms with Gasteiger partial charge in [-0.3, -0.25) is 9.59 Å². The molecule has 0 aliphatic carbocycles. The first-order valence-corrected chi connectivity index (χ1v) is 10.3. The van der Waals surface area contributed by atoms with E-state index >= 15 is 0 Å². The third-order valence-electron chi connectivity index (χ3n) is 4.94. The number of carbonyl (C=O) groups excluding carboxylic acids is 2. The monoisotopic (exact) mass is 412 g/mol. The first-order valence-electron chi connectivity index (χ1n) is 10.3. The molecule has 6 heteroatoms. The zero-order chi connectivity index (χ0) is 21.9. The molecule has 1 heterocycles. The molecule has 0 saturated heterocycles. The van der Waals surface area contributed by atoms with E-state index in [0.29, 0.717) is 29.8 Å². The lowest BCUT2D eigenvalue weighted by atomic mass is 9.92. The summed E-state index contributed by atoms with van der Waals surface area (Å²) >= 11 is 0. The molecule has 2 aromatic carbocycles. The van der Waals surface area contributed by atoms with E-state index in [-0.39, 0.29) is 36.1 Å². The average molecular weight is 413 g/mol. The standard InChI is InChI=1S/C24H29FN2O3/c1-5-20-23(29)27(14-16-8-6-7-9-19(16)25)15-17-12-18(10-11-21(17)30-20)26-22(28)13-24(2,3)4/h6-12,20H,5,13-15H2,1-4H3,(H,26,28)/t20-/m0/s1. The van der Waals surface area contributed by atoms with Crippen molar-refractivity contribution in [1.82, 2.24) is 4.90 Å². The van der Waals surface area contributed by atoms with Gasteiger partial charge in [0.1, 0.15) is 11.6 Å². The van der Waals surface area contributed by atoms with E-state index in [1.54, 1.807) is 35.2 Å². The quantitative estimate of drug-likeness (QED) is 0.760. The summed E-state index contributed by atoms with van der Waals surface area (Å²) in [5.41, 5.74) is 1.78. The second-order valence-corrected chi connectivity index (χ2v) is 8.91. The minimum absolute atomic E-state index is 0.0669. The Kier molecular flexibility index (Phi) is 6.44. The van der Waals surface area contributed by atoms with Crippen LogP contribution >= 0.6 is 0 Å². The van der Waals surface area contributed by atoms with Crippen LogP contribution < -0.4 is 10.1 Å². The molecule has 0 bridgehead atoms. The Bertz CT molecular complexity index is 936. The lowest BCUT2D eigenvalue weighted by Gasteiger charge is -2.23. The minimum atomic E-state index is -0.626. The van der Waals surface area contributed by atoms with Crippen molar-refractivity contribution in [2.24, 2.45) is 5.41 Å². The third-order valence-corrected chi connectivity index (χ3v) is 4.94. The number of fused-ring (bicyclic) bond motifs is 1. The summed E-state index contributed by atoms with van der Waals surface area (Å²) in [6.07, 6.45) is 0.284. The Morgan fingerprint density at radius 2 is 1.97 bits per heavy atom. The summed E-state index contributed by atoms with van der Waals surface area (Å²) in [6.45, 7) is 8.35.